The minimum Gasteiger partial charge on any atom is -0.508 e. The molecule has 0 aromatic heterocycles. The topological polar surface area (TPSA) is 58.9 Å². The lowest BCUT2D eigenvalue weighted by Crippen LogP contribution is -2.28. The number of fused-ring (bicyclic) bond motifs is 5. The molecule has 0 unspecified atom stereocenters. The summed E-state index contributed by atoms with van der Waals surface area (Å²) in [5, 5.41) is 24.2. The van der Waals surface area contributed by atoms with E-state index in [0.717, 1.165) is 71.9 Å². The van der Waals surface area contributed by atoms with E-state index in [2.05, 4.69) is 123 Å². The van der Waals surface area contributed by atoms with Crippen LogP contribution in [0.4, 0.5) is 0 Å². The molecule has 0 bridgehead atoms. The van der Waals surface area contributed by atoms with Gasteiger partial charge in [0.25, 0.3) is 0 Å². The average Bonchev–Trinajstić information content (AvgIpc) is 3.59. The van der Waals surface area contributed by atoms with Crippen molar-refractivity contribution in [3.8, 4) is 34.1 Å². The molecule has 4 heteroatoms. The average molecular weight is 795 g/mol. The zero-order valence-corrected chi connectivity index (χ0v) is 34.6. The minimum absolute atomic E-state index is 0. The molecular formula is C56H58O4. The summed E-state index contributed by atoms with van der Waals surface area (Å²) in [6.45, 7) is 9.80. The van der Waals surface area contributed by atoms with Crippen LogP contribution in [0.5, 0.6) is 23.0 Å². The number of hydrogen-bond acceptors (Lipinski definition) is 4. The molecule has 60 heavy (non-hydrogen) atoms. The lowest BCUT2D eigenvalue weighted by atomic mass is 9.67. The number of unbranched alkanes of at least 4 members (excludes halogenated alkanes) is 1. The van der Waals surface area contributed by atoms with Gasteiger partial charge in [-0.25, -0.2) is 0 Å². The van der Waals surface area contributed by atoms with Gasteiger partial charge in [0.2, 0.25) is 0 Å². The molecule has 8 aromatic rings. The van der Waals surface area contributed by atoms with Crippen LogP contribution in [0.25, 0.3) is 32.7 Å². The summed E-state index contributed by atoms with van der Waals surface area (Å²) in [5.74, 6) is 2.45. The molecule has 4 nitrogen and oxygen atoms in total. The standard InChI is InChI=1S/C33H22O2.C20H26O2.C2H6.CH4/c34-27-15-11-21-17-25(13-9-23(21)19-27)33(26-14-10-24-20-28(35)16-12-22(24)18-26)31-7-3-1-5-29(31)30-6-2-4-8-32(30)33;1-3-17-7-11-19(12-8-17)21-15-5-6-16-22-20-13-9-18(4-2)10-14-20;1-2;/h1-20,34-35H;7-14H,3-6,15-16H2,1-2H3;1-2H3;1H4. The maximum atomic E-state index is 10.0. The Labute approximate surface area is 356 Å². The van der Waals surface area contributed by atoms with E-state index in [-0.39, 0.29) is 18.9 Å². The molecule has 0 atom stereocenters. The van der Waals surface area contributed by atoms with Gasteiger partial charge >= 0.3 is 0 Å². The van der Waals surface area contributed by atoms with Gasteiger partial charge in [-0.15, -0.1) is 0 Å². The van der Waals surface area contributed by atoms with Crippen molar-refractivity contribution in [1.82, 2.24) is 0 Å². The van der Waals surface area contributed by atoms with E-state index < -0.39 is 5.41 Å². The quantitative estimate of drug-likeness (QED) is 0.128. The number of rotatable bonds is 11. The first-order valence-corrected chi connectivity index (χ1v) is 21.1. The van der Waals surface area contributed by atoms with Gasteiger partial charge < -0.3 is 19.7 Å². The van der Waals surface area contributed by atoms with Crippen LogP contribution in [-0.4, -0.2) is 23.4 Å². The highest BCUT2D eigenvalue weighted by atomic mass is 16.5. The molecule has 0 fully saturated rings. The van der Waals surface area contributed by atoms with Crippen LogP contribution in [0.15, 0.2) is 170 Å². The van der Waals surface area contributed by atoms with Gasteiger partial charge in [-0.1, -0.05) is 144 Å². The van der Waals surface area contributed by atoms with Gasteiger partial charge in [0.1, 0.15) is 23.0 Å². The fourth-order valence-corrected chi connectivity index (χ4v) is 8.18. The monoisotopic (exact) mass is 794 g/mol. The Morgan fingerprint density at radius 2 is 0.800 bits per heavy atom. The number of benzene rings is 8. The molecule has 0 aliphatic heterocycles. The summed E-state index contributed by atoms with van der Waals surface area (Å²) >= 11 is 0. The second kappa shape index (κ2) is 20.0. The molecule has 2 N–H and O–H groups in total. The Kier molecular flexibility index (Phi) is 14.3. The second-order valence-corrected chi connectivity index (χ2v) is 14.7. The van der Waals surface area contributed by atoms with Crippen molar-refractivity contribution in [2.75, 3.05) is 13.2 Å². The number of phenolic OH excluding ortho intramolecular Hbond substituents is 2. The molecular weight excluding hydrogens is 737 g/mol. The molecule has 9 rings (SSSR count). The van der Waals surface area contributed by atoms with Gasteiger partial charge in [-0.05, 0) is 152 Å². The summed E-state index contributed by atoms with van der Waals surface area (Å²) in [7, 11) is 0. The lowest BCUT2D eigenvalue weighted by Gasteiger charge is -2.34. The van der Waals surface area contributed by atoms with E-state index in [0.29, 0.717) is 0 Å². The highest BCUT2D eigenvalue weighted by molar-refractivity contribution is 5.92. The lowest BCUT2D eigenvalue weighted by molar-refractivity contribution is 0.266. The van der Waals surface area contributed by atoms with Gasteiger partial charge in [0, 0.05) is 0 Å². The minimum atomic E-state index is -0.495. The van der Waals surface area contributed by atoms with Crippen molar-refractivity contribution in [3.63, 3.8) is 0 Å². The molecule has 306 valence electrons. The third-order valence-electron chi connectivity index (χ3n) is 11.2. The summed E-state index contributed by atoms with van der Waals surface area (Å²) in [6.07, 6.45) is 4.14. The van der Waals surface area contributed by atoms with Crippen molar-refractivity contribution >= 4 is 21.5 Å². The first-order valence-electron chi connectivity index (χ1n) is 21.1. The van der Waals surface area contributed by atoms with Crippen LogP contribution < -0.4 is 9.47 Å². The normalized spacial score (nSPS) is 11.9. The zero-order valence-electron chi connectivity index (χ0n) is 34.6. The molecule has 0 spiro atoms. The van der Waals surface area contributed by atoms with Crippen molar-refractivity contribution in [2.24, 2.45) is 0 Å². The number of hydrogen-bond donors (Lipinski definition) is 2. The zero-order chi connectivity index (χ0) is 41.2. The van der Waals surface area contributed by atoms with E-state index in [4.69, 9.17) is 9.47 Å². The Morgan fingerprint density at radius 1 is 0.433 bits per heavy atom. The number of ether oxygens (including phenoxy) is 2. The molecule has 0 saturated carbocycles. The summed E-state index contributed by atoms with van der Waals surface area (Å²) in [6, 6.07) is 58.3. The van der Waals surface area contributed by atoms with Crippen molar-refractivity contribution in [2.45, 2.75) is 66.2 Å². The first kappa shape index (κ1) is 43.1. The molecule has 1 aliphatic carbocycles. The molecule has 0 heterocycles. The third-order valence-corrected chi connectivity index (χ3v) is 11.2. The van der Waals surface area contributed by atoms with Gasteiger partial charge in [0.15, 0.2) is 0 Å². The van der Waals surface area contributed by atoms with Crippen LogP contribution in [0.1, 0.15) is 81.3 Å². The number of phenols is 2. The van der Waals surface area contributed by atoms with Crippen LogP contribution in [0, 0.1) is 0 Å². The maximum Gasteiger partial charge on any atom is 0.119 e. The summed E-state index contributed by atoms with van der Waals surface area (Å²) in [5.41, 5.74) is 9.59. The number of aromatic hydroxyl groups is 2. The van der Waals surface area contributed by atoms with E-state index in [1.807, 2.05) is 62.4 Å². The Balaban J connectivity index is 0.000000210. The summed E-state index contributed by atoms with van der Waals surface area (Å²) in [4.78, 5) is 0. The van der Waals surface area contributed by atoms with Crippen molar-refractivity contribution in [3.05, 3.63) is 203 Å². The Bertz CT molecular complexity index is 2440. The van der Waals surface area contributed by atoms with E-state index in [1.165, 1.54) is 44.5 Å². The third kappa shape index (κ3) is 9.04. The number of aryl methyl sites for hydroxylation is 2. The fourth-order valence-electron chi connectivity index (χ4n) is 8.18. The van der Waals surface area contributed by atoms with Crippen molar-refractivity contribution < 1.29 is 19.7 Å². The van der Waals surface area contributed by atoms with Crippen LogP contribution in [0.3, 0.4) is 0 Å². The predicted molar refractivity (Wildman–Crippen MR) is 252 cm³/mol. The highest BCUT2D eigenvalue weighted by Gasteiger charge is 2.46. The molecule has 0 amide bonds. The highest BCUT2D eigenvalue weighted by Crippen LogP contribution is 2.56. The fraction of sp³-hybridized carbons (Fsp3) is 0.214. The van der Waals surface area contributed by atoms with Crippen LogP contribution in [-0.2, 0) is 18.3 Å². The van der Waals surface area contributed by atoms with Crippen molar-refractivity contribution in [1.29, 1.82) is 0 Å². The molecule has 8 aromatic carbocycles. The molecule has 0 saturated heterocycles. The van der Waals surface area contributed by atoms with E-state index in [9.17, 15) is 10.2 Å². The van der Waals surface area contributed by atoms with E-state index >= 15 is 0 Å². The van der Waals surface area contributed by atoms with Gasteiger partial charge in [-0.3, -0.25) is 0 Å². The molecule has 0 radical (unpaired) electrons. The predicted octanol–water partition coefficient (Wildman–Crippen LogP) is 14.5. The van der Waals surface area contributed by atoms with Gasteiger partial charge in [-0.2, -0.15) is 0 Å². The largest absolute Gasteiger partial charge is 0.508 e. The van der Waals surface area contributed by atoms with Gasteiger partial charge in [0.05, 0.1) is 18.6 Å². The van der Waals surface area contributed by atoms with Crippen LogP contribution >= 0.6 is 0 Å². The van der Waals surface area contributed by atoms with E-state index in [1.54, 1.807) is 12.1 Å². The Hall–Kier alpha value is -6.52. The van der Waals surface area contributed by atoms with Crippen LogP contribution in [0.2, 0.25) is 0 Å². The smallest absolute Gasteiger partial charge is 0.119 e. The Morgan fingerprint density at radius 3 is 1.20 bits per heavy atom. The second-order valence-electron chi connectivity index (χ2n) is 14.7. The summed E-state index contributed by atoms with van der Waals surface area (Å²) < 4.78 is 11.5. The SMILES string of the molecule is C.CC.CCc1ccc(OCCCCOc2ccc(CC)cc2)cc1.Oc1ccc2cc(C3(c4ccc5cc(O)ccc5c4)c4ccccc4-c4ccccc43)ccc2c1. The maximum absolute atomic E-state index is 10.0. The molecule has 1 aliphatic rings. The first-order chi connectivity index (χ1) is 29.0.